The normalized spacial score (nSPS) is 24.5. The van der Waals surface area contributed by atoms with Crippen LogP contribution < -0.4 is 0 Å². The van der Waals surface area contributed by atoms with Crippen LogP contribution in [0.3, 0.4) is 0 Å². The fourth-order valence-electron chi connectivity index (χ4n) is 2.39. The molecule has 1 rings (SSSR count). The summed E-state index contributed by atoms with van der Waals surface area (Å²) in [5.41, 5.74) is 0. The average molecular weight is 238 g/mol. The molecule has 0 spiro atoms. The fourth-order valence-corrected chi connectivity index (χ4v) is 2.39. The second kappa shape index (κ2) is 7.25. The smallest absolute Gasteiger partial charge is 0.306 e. The number of rotatable bonds is 6. The molecule has 0 aromatic carbocycles. The zero-order valence-corrected chi connectivity index (χ0v) is 10.8. The van der Waals surface area contributed by atoms with Gasteiger partial charge in [-0.1, -0.05) is 19.1 Å². The quantitative estimate of drug-likeness (QED) is 0.528. The maximum Gasteiger partial charge on any atom is 0.306 e. The van der Waals surface area contributed by atoms with Gasteiger partial charge in [-0.2, -0.15) is 0 Å². The van der Waals surface area contributed by atoms with Gasteiger partial charge in [0.15, 0.2) is 0 Å². The number of ether oxygens (including phenoxy) is 1. The van der Waals surface area contributed by atoms with Crippen molar-refractivity contribution < 1.29 is 14.3 Å². The monoisotopic (exact) mass is 238 g/mol. The minimum absolute atomic E-state index is 0.0298. The zero-order chi connectivity index (χ0) is 12.7. The van der Waals surface area contributed by atoms with Crippen LogP contribution in [0.1, 0.15) is 46.0 Å². The first kappa shape index (κ1) is 13.9. The number of hydrogen-bond donors (Lipinski definition) is 0. The lowest BCUT2D eigenvalue weighted by Gasteiger charge is -2.15. The number of allylic oxidation sites excluding steroid dienone is 2. The van der Waals surface area contributed by atoms with E-state index in [1.165, 1.54) is 0 Å². The van der Waals surface area contributed by atoms with Gasteiger partial charge in [0.25, 0.3) is 0 Å². The summed E-state index contributed by atoms with van der Waals surface area (Å²) in [6.07, 6.45) is 7.75. The van der Waals surface area contributed by atoms with E-state index in [9.17, 15) is 9.59 Å². The van der Waals surface area contributed by atoms with E-state index in [2.05, 4.69) is 19.1 Å². The van der Waals surface area contributed by atoms with Gasteiger partial charge < -0.3 is 4.74 Å². The van der Waals surface area contributed by atoms with Crippen LogP contribution in [0, 0.1) is 11.8 Å². The van der Waals surface area contributed by atoms with Crippen molar-refractivity contribution in [1.29, 1.82) is 0 Å². The van der Waals surface area contributed by atoms with Crippen molar-refractivity contribution in [1.82, 2.24) is 0 Å². The van der Waals surface area contributed by atoms with Crippen LogP contribution in [0.2, 0.25) is 0 Å². The first-order valence-corrected chi connectivity index (χ1v) is 6.52. The third kappa shape index (κ3) is 4.33. The average Bonchev–Trinajstić information content (AvgIpc) is 2.62. The summed E-state index contributed by atoms with van der Waals surface area (Å²) < 4.78 is 4.94. The highest BCUT2D eigenvalue weighted by Crippen LogP contribution is 2.34. The minimum Gasteiger partial charge on any atom is -0.466 e. The van der Waals surface area contributed by atoms with Crippen molar-refractivity contribution in [3.63, 3.8) is 0 Å². The molecule has 0 unspecified atom stereocenters. The van der Waals surface area contributed by atoms with Crippen molar-refractivity contribution in [3.8, 4) is 0 Å². The first-order chi connectivity index (χ1) is 8.19. The van der Waals surface area contributed by atoms with Crippen LogP contribution in [0.15, 0.2) is 12.2 Å². The van der Waals surface area contributed by atoms with Gasteiger partial charge in [-0.15, -0.1) is 0 Å². The molecule has 0 N–H and O–H groups in total. The van der Waals surface area contributed by atoms with E-state index in [0.717, 1.165) is 19.3 Å². The van der Waals surface area contributed by atoms with E-state index in [1.54, 1.807) is 6.92 Å². The lowest BCUT2D eigenvalue weighted by molar-refractivity contribution is -0.144. The Bertz CT molecular complexity index is 294. The minimum atomic E-state index is -0.170. The SMILES string of the molecule is CC/C=C\C[C@@H]1C(=O)CC[C@H]1CC(=O)OCC. The predicted molar refractivity (Wildman–Crippen MR) is 66.5 cm³/mol. The molecular formula is C14H22O3. The maximum atomic E-state index is 11.7. The molecule has 2 atom stereocenters. The highest BCUT2D eigenvalue weighted by atomic mass is 16.5. The van der Waals surface area contributed by atoms with Crippen LogP contribution in [-0.2, 0) is 14.3 Å². The summed E-state index contributed by atoms with van der Waals surface area (Å²) in [6, 6.07) is 0. The van der Waals surface area contributed by atoms with E-state index in [-0.39, 0.29) is 17.8 Å². The number of carbonyl (C=O) groups is 2. The molecule has 1 aliphatic rings. The molecule has 3 heteroatoms. The van der Waals surface area contributed by atoms with E-state index >= 15 is 0 Å². The second-order valence-corrected chi connectivity index (χ2v) is 4.50. The van der Waals surface area contributed by atoms with Crippen LogP contribution >= 0.6 is 0 Å². The van der Waals surface area contributed by atoms with E-state index < -0.39 is 0 Å². The highest BCUT2D eigenvalue weighted by molar-refractivity contribution is 5.84. The second-order valence-electron chi connectivity index (χ2n) is 4.50. The van der Waals surface area contributed by atoms with Crippen molar-refractivity contribution in [3.05, 3.63) is 12.2 Å². The zero-order valence-electron chi connectivity index (χ0n) is 10.8. The topological polar surface area (TPSA) is 43.4 Å². The molecule has 1 aliphatic carbocycles. The van der Waals surface area contributed by atoms with E-state index in [4.69, 9.17) is 4.74 Å². The van der Waals surface area contributed by atoms with Crippen molar-refractivity contribution in [2.45, 2.75) is 46.0 Å². The number of hydrogen-bond acceptors (Lipinski definition) is 3. The van der Waals surface area contributed by atoms with Crippen LogP contribution in [-0.4, -0.2) is 18.4 Å². The standard InChI is InChI=1S/C14H22O3/c1-3-5-6-7-12-11(8-9-13(12)15)10-14(16)17-4-2/h5-6,11-12H,3-4,7-10H2,1-2H3/b6-5-/t11-,12-/m0/s1. The summed E-state index contributed by atoms with van der Waals surface area (Å²) >= 11 is 0. The predicted octanol–water partition coefficient (Wildman–Crippen LogP) is 2.89. The first-order valence-electron chi connectivity index (χ1n) is 6.52. The van der Waals surface area contributed by atoms with Crippen molar-refractivity contribution >= 4 is 11.8 Å². The maximum absolute atomic E-state index is 11.7. The van der Waals surface area contributed by atoms with E-state index in [0.29, 0.717) is 25.2 Å². The van der Waals surface area contributed by atoms with Crippen molar-refractivity contribution in [2.75, 3.05) is 6.61 Å². The molecule has 0 aliphatic heterocycles. The fraction of sp³-hybridized carbons (Fsp3) is 0.714. The molecule has 17 heavy (non-hydrogen) atoms. The van der Waals surface area contributed by atoms with Gasteiger partial charge in [0, 0.05) is 18.8 Å². The Morgan fingerprint density at radius 1 is 1.41 bits per heavy atom. The third-order valence-corrected chi connectivity index (χ3v) is 3.27. The summed E-state index contributed by atoms with van der Waals surface area (Å²) in [4.78, 5) is 23.2. The van der Waals surface area contributed by atoms with Gasteiger partial charge in [0.1, 0.15) is 5.78 Å². The van der Waals surface area contributed by atoms with Gasteiger partial charge in [-0.05, 0) is 32.1 Å². The Morgan fingerprint density at radius 3 is 2.82 bits per heavy atom. The Morgan fingerprint density at radius 2 is 2.18 bits per heavy atom. The third-order valence-electron chi connectivity index (χ3n) is 3.27. The molecule has 0 heterocycles. The van der Waals surface area contributed by atoms with Gasteiger partial charge >= 0.3 is 5.97 Å². The molecule has 3 nitrogen and oxygen atoms in total. The molecule has 0 aromatic rings. The highest BCUT2D eigenvalue weighted by Gasteiger charge is 2.35. The van der Waals surface area contributed by atoms with Gasteiger partial charge in [0.2, 0.25) is 0 Å². The lowest BCUT2D eigenvalue weighted by atomic mass is 9.89. The largest absolute Gasteiger partial charge is 0.466 e. The van der Waals surface area contributed by atoms with Gasteiger partial charge in [-0.3, -0.25) is 9.59 Å². The Balaban J connectivity index is 2.49. The number of Topliss-reactive ketones (excluding diaryl/α,β-unsaturated/α-hetero) is 1. The van der Waals surface area contributed by atoms with Crippen LogP contribution in [0.4, 0.5) is 0 Å². The summed E-state index contributed by atoms with van der Waals surface area (Å²) in [5, 5.41) is 0. The Labute approximate surface area is 103 Å². The molecular weight excluding hydrogens is 216 g/mol. The summed E-state index contributed by atoms with van der Waals surface area (Å²) in [5.74, 6) is 0.349. The van der Waals surface area contributed by atoms with Crippen molar-refractivity contribution in [2.24, 2.45) is 11.8 Å². The molecule has 96 valence electrons. The molecule has 1 fully saturated rings. The van der Waals surface area contributed by atoms with Crippen LogP contribution in [0.25, 0.3) is 0 Å². The number of esters is 1. The molecule has 0 radical (unpaired) electrons. The number of carbonyl (C=O) groups excluding carboxylic acids is 2. The molecule has 0 saturated heterocycles. The molecule has 1 saturated carbocycles. The Hall–Kier alpha value is -1.12. The van der Waals surface area contributed by atoms with E-state index in [1.807, 2.05) is 0 Å². The lowest BCUT2D eigenvalue weighted by Crippen LogP contribution is -2.18. The Kier molecular flexibility index (Phi) is 5.95. The van der Waals surface area contributed by atoms with Gasteiger partial charge in [-0.25, -0.2) is 0 Å². The number of ketones is 1. The van der Waals surface area contributed by atoms with Crippen LogP contribution in [0.5, 0.6) is 0 Å². The van der Waals surface area contributed by atoms with Gasteiger partial charge in [0.05, 0.1) is 6.61 Å². The molecule has 0 bridgehead atoms. The molecule has 0 aromatic heterocycles. The summed E-state index contributed by atoms with van der Waals surface area (Å²) in [7, 11) is 0. The summed E-state index contributed by atoms with van der Waals surface area (Å²) in [6.45, 7) is 4.29. The molecule has 0 amide bonds.